The van der Waals surface area contributed by atoms with E-state index in [0.717, 1.165) is 31.9 Å². The highest BCUT2D eigenvalue weighted by molar-refractivity contribution is 5.46. The molecule has 0 bridgehead atoms. The predicted octanol–water partition coefficient (Wildman–Crippen LogP) is 1.84. The third kappa shape index (κ3) is 2.96. The first-order chi connectivity index (χ1) is 9.70. The summed E-state index contributed by atoms with van der Waals surface area (Å²) in [5.41, 5.74) is 1.07. The number of benzene rings is 1. The van der Waals surface area contributed by atoms with Gasteiger partial charge in [0, 0.05) is 31.9 Å². The van der Waals surface area contributed by atoms with Crippen molar-refractivity contribution in [1.82, 2.24) is 15.0 Å². The maximum atomic E-state index is 12.9. The van der Waals surface area contributed by atoms with E-state index in [1.807, 2.05) is 19.1 Å². The highest BCUT2D eigenvalue weighted by Gasteiger charge is 2.19. The largest absolute Gasteiger partial charge is 0.369 e. The van der Waals surface area contributed by atoms with Crippen LogP contribution in [0.4, 0.5) is 10.1 Å². The van der Waals surface area contributed by atoms with Gasteiger partial charge in [0.1, 0.15) is 5.82 Å². The molecule has 6 heteroatoms. The van der Waals surface area contributed by atoms with Gasteiger partial charge < -0.3 is 9.42 Å². The van der Waals surface area contributed by atoms with Gasteiger partial charge in [-0.3, -0.25) is 4.90 Å². The molecule has 2 heterocycles. The Morgan fingerprint density at radius 2 is 1.85 bits per heavy atom. The van der Waals surface area contributed by atoms with Crippen molar-refractivity contribution >= 4 is 5.69 Å². The number of rotatable bonds is 3. The van der Waals surface area contributed by atoms with Crippen LogP contribution in [0.5, 0.6) is 0 Å². The maximum absolute atomic E-state index is 12.9. The SMILES string of the molecule is Cc1noc(CN2CCN(c3ccc(F)cc3)CC2)n1. The molecule has 5 nitrogen and oxygen atoms in total. The quantitative estimate of drug-likeness (QED) is 0.856. The molecule has 20 heavy (non-hydrogen) atoms. The summed E-state index contributed by atoms with van der Waals surface area (Å²) in [6.07, 6.45) is 0. The Morgan fingerprint density at radius 3 is 2.45 bits per heavy atom. The summed E-state index contributed by atoms with van der Waals surface area (Å²) >= 11 is 0. The number of anilines is 1. The number of nitrogens with zero attached hydrogens (tertiary/aromatic N) is 4. The molecule has 2 aromatic rings. The zero-order valence-electron chi connectivity index (χ0n) is 11.4. The fourth-order valence-electron chi connectivity index (χ4n) is 2.41. The van der Waals surface area contributed by atoms with Crippen molar-refractivity contribution in [2.45, 2.75) is 13.5 Å². The van der Waals surface area contributed by atoms with Gasteiger partial charge in [0.15, 0.2) is 5.82 Å². The van der Waals surface area contributed by atoms with E-state index in [0.29, 0.717) is 18.3 Å². The molecule has 1 saturated heterocycles. The lowest BCUT2D eigenvalue weighted by Gasteiger charge is -2.35. The summed E-state index contributed by atoms with van der Waals surface area (Å²) in [5, 5.41) is 3.79. The molecule has 0 spiro atoms. The summed E-state index contributed by atoms with van der Waals surface area (Å²) < 4.78 is 18.0. The van der Waals surface area contributed by atoms with Gasteiger partial charge in [-0.15, -0.1) is 0 Å². The molecule has 1 fully saturated rings. The van der Waals surface area contributed by atoms with Crippen molar-refractivity contribution < 1.29 is 8.91 Å². The number of halogens is 1. The van der Waals surface area contributed by atoms with Gasteiger partial charge in [-0.25, -0.2) is 4.39 Å². The van der Waals surface area contributed by atoms with Crippen molar-refractivity contribution in [3.05, 3.63) is 41.8 Å². The lowest BCUT2D eigenvalue weighted by Crippen LogP contribution is -2.46. The Labute approximate surface area is 117 Å². The molecule has 0 unspecified atom stereocenters. The molecule has 0 atom stereocenters. The van der Waals surface area contributed by atoms with Crippen LogP contribution in [0.25, 0.3) is 0 Å². The second-order valence-electron chi connectivity index (χ2n) is 4.97. The lowest BCUT2D eigenvalue weighted by molar-refractivity contribution is 0.215. The summed E-state index contributed by atoms with van der Waals surface area (Å²) in [6.45, 7) is 6.20. The number of aryl methyl sites for hydroxylation is 1. The minimum Gasteiger partial charge on any atom is -0.369 e. The van der Waals surface area contributed by atoms with Crippen molar-refractivity contribution in [3.63, 3.8) is 0 Å². The fourth-order valence-corrected chi connectivity index (χ4v) is 2.41. The van der Waals surface area contributed by atoms with E-state index in [4.69, 9.17) is 4.52 Å². The van der Waals surface area contributed by atoms with Crippen LogP contribution in [0.3, 0.4) is 0 Å². The van der Waals surface area contributed by atoms with Crippen LogP contribution < -0.4 is 4.90 Å². The molecule has 106 valence electrons. The van der Waals surface area contributed by atoms with Gasteiger partial charge in [0.25, 0.3) is 0 Å². The van der Waals surface area contributed by atoms with Gasteiger partial charge in [-0.2, -0.15) is 4.98 Å². The van der Waals surface area contributed by atoms with Gasteiger partial charge in [0.05, 0.1) is 6.54 Å². The second-order valence-corrected chi connectivity index (χ2v) is 4.97. The van der Waals surface area contributed by atoms with Crippen LogP contribution in [0.2, 0.25) is 0 Å². The van der Waals surface area contributed by atoms with Crippen molar-refractivity contribution in [2.75, 3.05) is 31.1 Å². The Hall–Kier alpha value is -1.95. The van der Waals surface area contributed by atoms with E-state index in [2.05, 4.69) is 19.9 Å². The normalized spacial score (nSPS) is 16.6. The van der Waals surface area contributed by atoms with Crippen LogP contribution in [0.1, 0.15) is 11.7 Å². The highest BCUT2D eigenvalue weighted by atomic mass is 19.1. The smallest absolute Gasteiger partial charge is 0.240 e. The van der Waals surface area contributed by atoms with Crippen molar-refractivity contribution in [2.24, 2.45) is 0 Å². The Morgan fingerprint density at radius 1 is 1.15 bits per heavy atom. The third-order valence-corrected chi connectivity index (χ3v) is 3.49. The Kier molecular flexibility index (Phi) is 3.64. The molecule has 3 rings (SSSR count). The number of hydrogen-bond acceptors (Lipinski definition) is 5. The second kappa shape index (κ2) is 5.58. The number of piperazine rings is 1. The highest BCUT2D eigenvalue weighted by Crippen LogP contribution is 2.17. The number of hydrogen-bond donors (Lipinski definition) is 0. The maximum Gasteiger partial charge on any atom is 0.240 e. The fraction of sp³-hybridized carbons (Fsp3) is 0.429. The van der Waals surface area contributed by atoms with E-state index in [-0.39, 0.29) is 5.82 Å². The average molecular weight is 276 g/mol. The van der Waals surface area contributed by atoms with E-state index in [1.165, 1.54) is 12.1 Å². The average Bonchev–Trinajstić information content (AvgIpc) is 2.86. The minimum absolute atomic E-state index is 0.195. The Bertz CT molecular complexity index is 561. The van der Waals surface area contributed by atoms with Crippen LogP contribution in [-0.2, 0) is 6.54 Å². The zero-order chi connectivity index (χ0) is 13.9. The van der Waals surface area contributed by atoms with E-state index in [1.54, 1.807) is 0 Å². The first-order valence-corrected chi connectivity index (χ1v) is 6.73. The first-order valence-electron chi connectivity index (χ1n) is 6.73. The first kappa shape index (κ1) is 13.1. The molecular weight excluding hydrogens is 259 g/mol. The minimum atomic E-state index is -0.195. The summed E-state index contributed by atoms with van der Waals surface area (Å²) in [7, 11) is 0. The van der Waals surface area contributed by atoms with Crippen molar-refractivity contribution in [1.29, 1.82) is 0 Å². The molecule has 0 aliphatic carbocycles. The molecule has 1 aromatic heterocycles. The molecule has 0 N–H and O–H groups in total. The topological polar surface area (TPSA) is 45.4 Å². The summed E-state index contributed by atoms with van der Waals surface area (Å²) in [4.78, 5) is 8.76. The monoisotopic (exact) mass is 276 g/mol. The zero-order valence-corrected chi connectivity index (χ0v) is 11.4. The Balaban J connectivity index is 1.55. The standard InChI is InChI=1S/C14H17FN4O/c1-11-16-14(20-17-11)10-18-6-8-19(9-7-18)13-4-2-12(15)3-5-13/h2-5H,6-10H2,1H3. The van der Waals surface area contributed by atoms with Gasteiger partial charge in [0.2, 0.25) is 5.89 Å². The molecule has 1 aliphatic heterocycles. The van der Waals surface area contributed by atoms with E-state index in [9.17, 15) is 4.39 Å². The molecule has 0 radical (unpaired) electrons. The molecule has 0 saturated carbocycles. The molecule has 1 aromatic carbocycles. The molecule has 0 amide bonds. The number of aromatic nitrogens is 2. The van der Waals surface area contributed by atoms with E-state index < -0.39 is 0 Å². The summed E-state index contributed by atoms with van der Waals surface area (Å²) in [6, 6.07) is 6.66. The van der Waals surface area contributed by atoms with Crippen molar-refractivity contribution in [3.8, 4) is 0 Å². The van der Waals surface area contributed by atoms with Crippen LogP contribution >= 0.6 is 0 Å². The lowest BCUT2D eigenvalue weighted by atomic mass is 10.2. The van der Waals surface area contributed by atoms with E-state index >= 15 is 0 Å². The summed E-state index contributed by atoms with van der Waals surface area (Å²) in [5.74, 6) is 1.14. The van der Waals surface area contributed by atoms with Gasteiger partial charge in [-0.1, -0.05) is 5.16 Å². The third-order valence-electron chi connectivity index (χ3n) is 3.49. The van der Waals surface area contributed by atoms with Crippen LogP contribution in [0, 0.1) is 12.7 Å². The predicted molar refractivity (Wildman–Crippen MR) is 72.9 cm³/mol. The van der Waals surface area contributed by atoms with Crippen LogP contribution in [-0.4, -0.2) is 41.2 Å². The van der Waals surface area contributed by atoms with Gasteiger partial charge in [-0.05, 0) is 31.2 Å². The molecule has 1 aliphatic rings. The van der Waals surface area contributed by atoms with Gasteiger partial charge >= 0.3 is 0 Å². The van der Waals surface area contributed by atoms with Crippen LogP contribution in [0.15, 0.2) is 28.8 Å². The molecular formula is C14H17FN4O.